The van der Waals surface area contributed by atoms with Gasteiger partial charge in [0.2, 0.25) is 0 Å². The minimum absolute atomic E-state index is 0.743. The van der Waals surface area contributed by atoms with Crippen LogP contribution >= 0.6 is 0 Å². The topological polar surface area (TPSA) is 39.0 Å². The Bertz CT molecular complexity index is 247. The Labute approximate surface area is 139 Å². The summed E-state index contributed by atoms with van der Waals surface area (Å²) in [5.74, 6) is 0.797. The fraction of sp³-hybridized carbons (Fsp3) is 1.00. The normalized spacial score (nSPS) is 12.5. The summed E-state index contributed by atoms with van der Waals surface area (Å²) in [5, 5.41) is 0. The molecule has 0 aromatic heterocycles. The average molecular weight is 316 g/mol. The van der Waals surface area contributed by atoms with Crippen molar-refractivity contribution in [2.45, 2.75) is 20.3 Å². The molecule has 0 aliphatic carbocycles. The molecular weight excluding hydrogens is 274 g/mol. The number of likely N-dealkylation sites (N-methyl/N-ethyl adjacent to an activating group) is 4. The first-order valence-electron chi connectivity index (χ1n) is 8.79. The lowest BCUT2D eigenvalue weighted by Gasteiger charge is -2.26. The van der Waals surface area contributed by atoms with Crippen LogP contribution in [0.2, 0.25) is 0 Å². The van der Waals surface area contributed by atoms with Crippen molar-refractivity contribution < 1.29 is 0 Å². The molecule has 0 heterocycles. The van der Waals surface area contributed by atoms with E-state index in [9.17, 15) is 0 Å². The van der Waals surface area contributed by atoms with Gasteiger partial charge in [-0.2, -0.15) is 0 Å². The highest BCUT2D eigenvalue weighted by atomic mass is 15.2. The van der Waals surface area contributed by atoms with Crippen LogP contribution in [0.15, 0.2) is 0 Å². The number of nitrogens with two attached hydrogens (primary N) is 1. The van der Waals surface area contributed by atoms with Crippen LogP contribution in [-0.2, 0) is 0 Å². The van der Waals surface area contributed by atoms with Gasteiger partial charge in [-0.3, -0.25) is 0 Å². The molecule has 0 aliphatic heterocycles. The molecule has 0 bridgehead atoms. The number of hydrogen-bond donors (Lipinski definition) is 1. The van der Waals surface area contributed by atoms with Crippen molar-refractivity contribution in [2.75, 3.05) is 87.1 Å². The zero-order valence-electron chi connectivity index (χ0n) is 16.0. The molecule has 0 amide bonds. The summed E-state index contributed by atoms with van der Waals surface area (Å²) in [7, 11) is 8.80. The Hall–Kier alpha value is -0.200. The van der Waals surface area contributed by atoms with Gasteiger partial charge in [0.1, 0.15) is 0 Å². The van der Waals surface area contributed by atoms with Crippen molar-refractivity contribution in [3.63, 3.8) is 0 Å². The second-order valence-electron chi connectivity index (χ2n) is 7.18. The lowest BCUT2D eigenvalue weighted by atomic mass is 10.1. The highest BCUT2D eigenvalue weighted by Crippen LogP contribution is 2.00. The van der Waals surface area contributed by atoms with E-state index in [1.54, 1.807) is 0 Å². The summed E-state index contributed by atoms with van der Waals surface area (Å²) in [4.78, 5) is 9.59. The van der Waals surface area contributed by atoms with Gasteiger partial charge >= 0.3 is 0 Å². The van der Waals surface area contributed by atoms with Crippen LogP contribution in [0.1, 0.15) is 20.3 Å². The van der Waals surface area contributed by atoms with Gasteiger partial charge in [0.05, 0.1) is 0 Å². The minimum atomic E-state index is 0.743. The molecule has 2 N–H and O–H groups in total. The first kappa shape index (κ1) is 21.8. The number of nitrogens with zero attached hydrogens (tertiary/aromatic N) is 4. The zero-order valence-corrected chi connectivity index (χ0v) is 16.0. The summed E-state index contributed by atoms with van der Waals surface area (Å²) < 4.78 is 0. The molecule has 5 heteroatoms. The van der Waals surface area contributed by atoms with Gasteiger partial charge in [0.15, 0.2) is 0 Å². The highest BCUT2D eigenvalue weighted by Gasteiger charge is 2.06. The summed E-state index contributed by atoms with van der Waals surface area (Å²) in [6, 6.07) is 0. The molecule has 0 aliphatic rings. The fourth-order valence-electron chi connectivity index (χ4n) is 2.17. The quantitative estimate of drug-likeness (QED) is 0.511. The summed E-state index contributed by atoms with van der Waals surface area (Å²) in [6.07, 6.45) is 1.29. The second kappa shape index (κ2) is 13.3. The zero-order chi connectivity index (χ0) is 17.0. The number of hydrogen-bond acceptors (Lipinski definition) is 5. The van der Waals surface area contributed by atoms with E-state index in [0.717, 1.165) is 58.3 Å². The molecule has 0 spiro atoms. The molecule has 0 saturated carbocycles. The fourth-order valence-corrected chi connectivity index (χ4v) is 2.17. The molecule has 0 unspecified atom stereocenters. The van der Waals surface area contributed by atoms with Crippen molar-refractivity contribution >= 4 is 0 Å². The number of rotatable bonds is 14. The SMILES string of the molecule is CC(C)CCN(C)CCN(C)CCN(C)CCN(C)CCN. The van der Waals surface area contributed by atoms with Gasteiger partial charge in [-0.05, 0) is 47.1 Å². The largest absolute Gasteiger partial charge is 0.329 e. The Morgan fingerprint density at radius 1 is 0.591 bits per heavy atom. The van der Waals surface area contributed by atoms with Crippen LogP contribution in [0.25, 0.3) is 0 Å². The van der Waals surface area contributed by atoms with Crippen molar-refractivity contribution in [1.29, 1.82) is 0 Å². The van der Waals surface area contributed by atoms with E-state index in [0.29, 0.717) is 0 Å². The summed E-state index contributed by atoms with van der Waals surface area (Å²) in [5.41, 5.74) is 5.56. The first-order valence-corrected chi connectivity index (χ1v) is 8.79. The molecule has 134 valence electrons. The van der Waals surface area contributed by atoms with Gasteiger partial charge < -0.3 is 25.3 Å². The van der Waals surface area contributed by atoms with Crippen LogP contribution in [0.5, 0.6) is 0 Å². The summed E-state index contributed by atoms with van der Waals surface area (Å²) >= 11 is 0. The van der Waals surface area contributed by atoms with Crippen molar-refractivity contribution in [1.82, 2.24) is 19.6 Å². The van der Waals surface area contributed by atoms with Crippen LogP contribution < -0.4 is 5.73 Å². The van der Waals surface area contributed by atoms with Crippen LogP contribution in [-0.4, -0.2) is 107 Å². The van der Waals surface area contributed by atoms with Gasteiger partial charge in [-0.25, -0.2) is 0 Å². The molecule has 0 rings (SSSR count). The lowest BCUT2D eigenvalue weighted by molar-refractivity contribution is 0.209. The van der Waals surface area contributed by atoms with E-state index < -0.39 is 0 Å². The Morgan fingerprint density at radius 3 is 1.23 bits per heavy atom. The first-order chi connectivity index (χ1) is 10.3. The Balaban J connectivity index is 3.64. The van der Waals surface area contributed by atoms with Gasteiger partial charge in [0, 0.05) is 52.4 Å². The maximum absolute atomic E-state index is 5.56. The van der Waals surface area contributed by atoms with Crippen LogP contribution in [0.4, 0.5) is 0 Å². The standard InChI is InChI=1S/C17H41N5/c1-17(2)7-9-19(3)11-13-21(5)15-16-22(6)14-12-20(4)10-8-18/h17H,7-16,18H2,1-6H3. The Kier molecular flexibility index (Phi) is 13.1. The van der Waals surface area contributed by atoms with Gasteiger partial charge in [-0.1, -0.05) is 13.8 Å². The summed E-state index contributed by atoms with van der Waals surface area (Å²) in [6.45, 7) is 14.3. The minimum Gasteiger partial charge on any atom is -0.329 e. The third-order valence-electron chi connectivity index (χ3n) is 4.19. The van der Waals surface area contributed by atoms with E-state index in [2.05, 4.69) is 61.6 Å². The van der Waals surface area contributed by atoms with Crippen molar-refractivity contribution in [3.8, 4) is 0 Å². The Morgan fingerprint density at radius 2 is 0.909 bits per heavy atom. The second-order valence-corrected chi connectivity index (χ2v) is 7.18. The van der Waals surface area contributed by atoms with Crippen LogP contribution in [0.3, 0.4) is 0 Å². The molecular formula is C17H41N5. The van der Waals surface area contributed by atoms with E-state index in [-0.39, 0.29) is 0 Å². The lowest BCUT2D eigenvalue weighted by Crippen LogP contribution is -2.38. The third kappa shape index (κ3) is 13.5. The smallest absolute Gasteiger partial charge is 0.0107 e. The maximum Gasteiger partial charge on any atom is 0.0107 e. The van der Waals surface area contributed by atoms with Gasteiger partial charge in [0.25, 0.3) is 0 Å². The highest BCUT2D eigenvalue weighted by molar-refractivity contribution is 4.62. The van der Waals surface area contributed by atoms with E-state index in [1.807, 2.05) is 0 Å². The van der Waals surface area contributed by atoms with E-state index >= 15 is 0 Å². The monoisotopic (exact) mass is 315 g/mol. The molecule has 0 fully saturated rings. The molecule has 5 nitrogen and oxygen atoms in total. The molecule has 0 aromatic rings. The van der Waals surface area contributed by atoms with E-state index in [4.69, 9.17) is 5.73 Å². The maximum atomic E-state index is 5.56. The molecule has 0 saturated heterocycles. The van der Waals surface area contributed by atoms with Crippen LogP contribution in [0, 0.1) is 5.92 Å². The molecule has 0 aromatic carbocycles. The molecule has 0 atom stereocenters. The predicted molar refractivity (Wildman–Crippen MR) is 98.5 cm³/mol. The molecule has 0 radical (unpaired) electrons. The van der Waals surface area contributed by atoms with Crippen molar-refractivity contribution in [2.24, 2.45) is 11.7 Å². The van der Waals surface area contributed by atoms with Gasteiger partial charge in [-0.15, -0.1) is 0 Å². The average Bonchev–Trinajstić information content (AvgIpc) is 2.46. The van der Waals surface area contributed by atoms with Crippen molar-refractivity contribution in [3.05, 3.63) is 0 Å². The predicted octanol–water partition coefficient (Wildman–Crippen LogP) is 0.718. The third-order valence-corrected chi connectivity index (χ3v) is 4.19. The molecule has 22 heavy (non-hydrogen) atoms. The van der Waals surface area contributed by atoms with E-state index in [1.165, 1.54) is 13.0 Å².